The van der Waals surface area contributed by atoms with Crippen LogP contribution in [0.25, 0.3) is 5.03 Å². The number of sulfonamides is 1. The molecule has 0 spiro atoms. The molecule has 0 saturated carbocycles. The quantitative estimate of drug-likeness (QED) is 0.857. The van der Waals surface area contributed by atoms with Gasteiger partial charge in [0.25, 0.3) is 0 Å². The Kier molecular flexibility index (Phi) is 4.85. The van der Waals surface area contributed by atoms with Crippen molar-refractivity contribution in [2.45, 2.75) is 0 Å². The SMILES string of the molecule is CS(=O)(=O)Nc1ccccc1C(Cl)=C(Br)Br. The average Bonchev–Trinajstić information content (AvgIpc) is 2.15. The predicted molar refractivity (Wildman–Crippen MR) is 75.5 cm³/mol. The van der Waals surface area contributed by atoms with Crippen molar-refractivity contribution in [1.82, 2.24) is 0 Å². The Morgan fingerprint density at radius 1 is 1.31 bits per heavy atom. The van der Waals surface area contributed by atoms with Gasteiger partial charge in [-0.1, -0.05) is 29.8 Å². The fourth-order valence-electron chi connectivity index (χ4n) is 1.07. The van der Waals surface area contributed by atoms with E-state index in [-0.39, 0.29) is 0 Å². The minimum atomic E-state index is -3.32. The van der Waals surface area contributed by atoms with E-state index in [9.17, 15) is 8.42 Å². The van der Waals surface area contributed by atoms with Crippen molar-refractivity contribution in [2.75, 3.05) is 11.0 Å². The topological polar surface area (TPSA) is 46.2 Å². The molecule has 0 aliphatic heterocycles. The Bertz CT molecular complexity index is 524. The van der Waals surface area contributed by atoms with Crippen molar-refractivity contribution in [1.29, 1.82) is 0 Å². The van der Waals surface area contributed by atoms with Crippen LogP contribution in [0.3, 0.4) is 0 Å². The minimum absolute atomic E-state index is 0.395. The maximum atomic E-state index is 11.2. The molecule has 16 heavy (non-hydrogen) atoms. The van der Waals surface area contributed by atoms with Crippen LogP contribution in [0.4, 0.5) is 5.69 Å². The lowest BCUT2D eigenvalue weighted by Crippen LogP contribution is -2.10. The van der Waals surface area contributed by atoms with Gasteiger partial charge in [0.2, 0.25) is 10.0 Å². The van der Waals surface area contributed by atoms with Gasteiger partial charge >= 0.3 is 0 Å². The van der Waals surface area contributed by atoms with E-state index in [4.69, 9.17) is 11.6 Å². The predicted octanol–water partition coefficient (Wildman–Crippen LogP) is 3.71. The summed E-state index contributed by atoms with van der Waals surface area (Å²) < 4.78 is 25.3. The average molecular weight is 389 g/mol. The molecule has 0 atom stereocenters. The molecular weight excluding hydrogens is 381 g/mol. The van der Waals surface area contributed by atoms with Gasteiger partial charge in [0, 0.05) is 5.56 Å². The van der Waals surface area contributed by atoms with Crippen LogP contribution >= 0.6 is 43.5 Å². The number of benzene rings is 1. The summed E-state index contributed by atoms with van der Waals surface area (Å²) in [6.07, 6.45) is 1.09. The molecule has 3 nitrogen and oxygen atoms in total. The van der Waals surface area contributed by atoms with Crippen LogP contribution in [-0.4, -0.2) is 14.7 Å². The molecule has 0 amide bonds. The zero-order valence-electron chi connectivity index (χ0n) is 8.17. The third kappa shape index (κ3) is 4.08. The van der Waals surface area contributed by atoms with Crippen molar-refractivity contribution in [2.24, 2.45) is 0 Å². The smallest absolute Gasteiger partial charge is 0.229 e. The number of halogens is 3. The molecule has 0 heterocycles. The number of hydrogen-bond donors (Lipinski definition) is 1. The molecule has 0 fully saturated rings. The lowest BCUT2D eigenvalue weighted by molar-refractivity contribution is 0.607. The van der Waals surface area contributed by atoms with E-state index < -0.39 is 10.0 Å². The molecule has 0 unspecified atom stereocenters. The number of anilines is 1. The highest BCUT2D eigenvalue weighted by molar-refractivity contribution is 9.28. The number of nitrogens with one attached hydrogen (secondary N) is 1. The normalized spacial score (nSPS) is 11.0. The van der Waals surface area contributed by atoms with Crippen molar-refractivity contribution in [3.63, 3.8) is 0 Å². The van der Waals surface area contributed by atoms with Crippen LogP contribution in [0, 0.1) is 0 Å². The number of para-hydroxylation sites is 1. The maximum absolute atomic E-state index is 11.2. The van der Waals surface area contributed by atoms with Gasteiger partial charge in [-0.3, -0.25) is 4.72 Å². The van der Waals surface area contributed by atoms with Crippen molar-refractivity contribution in [3.8, 4) is 0 Å². The number of rotatable bonds is 3. The first-order valence-corrected chi connectivity index (χ1v) is 7.95. The van der Waals surface area contributed by atoms with E-state index >= 15 is 0 Å². The summed E-state index contributed by atoms with van der Waals surface area (Å²) in [7, 11) is -3.32. The Morgan fingerprint density at radius 2 is 1.88 bits per heavy atom. The highest BCUT2D eigenvalue weighted by atomic mass is 79.9. The first kappa shape index (κ1) is 14.0. The van der Waals surface area contributed by atoms with Gasteiger partial charge < -0.3 is 0 Å². The minimum Gasteiger partial charge on any atom is -0.283 e. The lowest BCUT2D eigenvalue weighted by atomic mass is 10.2. The molecular formula is C9H8Br2ClNO2S. The highest BCUT2D eigenvalue weighted by Crippen LogP contribution is 2.34. The molecule has 1 aromatic carbocycles. The van der Waals surface area contributed by atoms with Gasteiger partial charge in [-0.2, -0.15) is 0 Å². The second kappa shape index (κ2) is 5.53. The first-order chi connectivity index (χ1) is 7.31. The molecule has 0 radical (unpaired) electrons. The number of hydrogen-bond acceptors (Lipinski definition) is 2. The van der Waals surface area contributed by atoms with Crippen LogP contribution < -0.4 is 4.72 Å². The summed E-state index contributed by atoms with van der Waals surface area (Å²) >= 11 is 12.4. The molecule has 88 valence electrons. The Balaban J connectivity index is 3.27. The molecule has 0 aromatic heterocycles. The van der Waals surface area contributed by atoms with Crippen molar-refractivity contribution in [3.05, 3.63) is 33.2 Å². The summed E-state index contributed by atoms with van der Waals surface area (Å²) in [6, 6.07) is 6.86. The maximum Gasteiger partial charge on any atom is 0.229 e. The van der Waals surface area contributed by atoms with E-state index in [1.807, 2.05) is 0 Å². The van der Waals surface area contributed by atoms with E-state index in [1.54, 1.807) is 24.3 Å². The standard InChI is InChI=1S/C9H8Br2ClNO2S/c1-16(14,15)13-7-5-3-2-4-6(7)8(12)9(10)11/h2-5,13H,1H3. The zero-order chi connectivity index (χ0) is 12.3. The van der Waals surface area contributed by atoms with Gasteiger partial charge in [-0.15, -0.1) is 0 Å². The summed E-state index contributed by atoms with van der Waals surface area (Å²) in [5.74, 6) is 0. The van der Waals surface area contributed by atoms with Gasteiger partial charge in [0.15, 0.2) is 0 Å². The van der Waals surface area contributed by atoms with Gasteiger partial charge in [0.1, 0.15) is 0 Å². The highest BCUT2D eigenvalue weighted by Gasteiger charge is 2.11. The van der Waals surface area contributed by atoms with Gasteiger partial charge in [-0.25, -0.2) is 8.42 Å². The summed E-state index contributed by atoms with van der Waals surface area (Å²) in [4.78, 5) is 0. The third-order valence-electron chi connectivity index (χ3n) is 1.62. The van der Waals surface area contributed by atoms with Gasteiger partial charge in [-0.05, 0) is 37.9 Å². The van der Waals surface area contributed by atoms with E-state index in [2.05, 4.69) is 36.6 Å². The largest absolute Gasteiger partial charge is 0.283 e. The molecule has 1 N–H and O–H groups in total. The second-order valence-corrected chi connectivity index (χ2v) is 7.77. The molecule has 0 aliphatic carbocycles. The van der Waals surface area contributed by atoms with Crippen molar-refractivity contribution >= 4 is 64.2 Å². The van der Waals surface area contributed by atoms with E-state index in [0.29, 0.717) is 19.7 Å². The fourth-order valence-corrected chi connectivity index (χ4v) is 2.23. The van der Waals surface area contributed by atoms with Crippen LogP contribution in [-0.2, 0) is 10.0 Å². The second-order valence-electron chi connectivity index (χ2n) is 2.99. The van der Waals surface area contributed by atoms with E-state index in [0.717, 1.165) is 6.26 Å². The summed E-state index contributed by atoms with van der Waals surface area (Å²) in [5.41, 5.74) is 1.03. The molecule has 7 heteroatoms. The Morgan fingerprint density at radius 3 is 2.38 bits per heavy atom. The third-order valence-corrected chi connectivity index (χ3v) is 3.86. The molecule has 1 rings (SSSR count). The van der Waals surface area contributed by atoms with Gasteiger partial charge in [0.05, 0.1) is 20.4 Å². The Labute approximate surface area is 116 Å². The lowest BCUT2D eigenvalue weighted by Gasteiger charge is -2.09. The zero-order valence-corrected chi connectivity index (χ0v) is 12.9. The summed E-state index contributed by atoms with van der Waals surface area (Å²) in [6.45, 7) is 0. The monoisotopic (exact) mass is 387 g/mol. The first-order valence-electron chi connectivity index (χ1n) is 4.09. The molecule has 0 bridgehead atoms. The summed E-state index contributed by atoms with van der Waals surface area (Å²) in [5, 5.41) is 0.395. The van der Waals surface area contributed by atoms with Crippen LogP contribution in [0.2, 0.25) is 0 Å². The van der Waals surface area contributed by atoms with Crippen molar-refractivity contribution < 1.29 is 8.42 Å². The molecule has 0 aliphatic rings. The van der Waals surface area contributed by atoms with Crippen LogP contribution in [0.5, 0.6) is 0 Å². The van der Waals surface area contributed by atoms with Crippen LogP contribution in [0.15, 0.2) is 27.7 Å². The van der Waals surface area contributed by atoms with Crippen LogP contribution in [0.1, 0.15) is 5.56 Å². The molecule has 1 aromatic rings. The fraction of sp³-hybridized carbons (Fsp3) is 0.111. The van der Waals surface area contributed by atoms with E-state index in [1.165, 1.54) is 0 Å². The molecule has 0 saturated heterocycles. The Hall–Kier alpha value is -0.0400.